The first-order chi connectivity index (χ1) is 8.72. The number of hydrogen-bond donors (Lipinski definition) is 3. The van der Waals surface area contributed by atoms with Gasteiger partial charge < -0.3 is 16.4 Å². The van der Waals surface area contributed by atoms with E-state index in [-0.39, 0.29) is 0 Å². The number of nitrogens with one attached hydrogen (secondary N) is 2. The van der Waals surface area contributed by atoms with E-state index in [0.717, 1.165) is 35.9 Å². The van der Waals surface area contributed by atoms with Gasteiger partial charge in [-0.2, -0.15) is 4.98 Å². The summed E-state index contributed by atoms with van der Waals surface area (Å²) in [6.07, 6.45) is 0. The van der Waals surface area contributed by atoms with Crippen LogP contribution in [0.5, 0.6) is 0 Å². The Balaban J connectivity index is 1.98. The quantitative estimate of drug-likeness (QED) is 0.746. The molecule has 1 aliphatic heterocycles. The zero-order valence-corrected chi connectivity index (χ0v) is 10.2. The van der Waals surface area contributed by atoms with Crippen molar-refractivity contribution in [2.75, 3.05) is 11.1 Å². The molecular formula is C13H15N5. The van der Waals surface area contributed by atoms with Crippen LogP contribution in [0.4, 0.5) is 17.5 Å². The van der Waals surface area contributed by atoms with Crippen LogP contribution in [0.15, 0.2) is 24.3 Å². The van der Waals surface area contributed by atoms with Gasteiger partial charge in [0.05, 0.1) is 5.69 Å². The SMILES string of the molecule is Cc1cccc(Nc2nc(N)nc3c2CNC3)c1. The van der Waals surface area contributed by atoms with E-state index in [1.54, 1.807) is 0 Å². The van der Waals surface area contributed by atoms with Crippen LogP contribution in [0, 0.1) is 6.92 Å². The number of fused-ring (bicyclic) bond motifs is 1. The first-order valence-electron chi connectivity index (χ1n) is 5.92. The Hall–Kier alpha value is -2.14. The molecule has 0 radical (unpaired) electrons. The molecular weight excluding hydrogens is 226 g/mol. The fourth-order valence-electron chi connectivity index (χ4n) is 2.15. The van der Waals surface area contributed by atoms with Crippen molar-refractivity contribution < 1.29 is 0 Å². The third kappa shape index (κ3) is 2.00. The number of aromatic nitrogens is 2. The average Bonchev–Trinajstić information content (AvgIpc) is 2.77. The molecule has 4 N–H and O–H groups in total. The topological polar surface area (TPSA) is 75.9 Å². The molecule has 2 aromatic rings. The van der Waals surface area contributed by atoms with Crippen LogP contribution in [-0.4, -0.2) is 9.97 Å². The van der Waals surface area contributed by atoms with Gasteiger partial charge in [0, 0.05) is 24.3 Å². The van der Waals surface area contributed by atoms with Crippen molar-refractivity contribution >= 4 is 17.5 Å². The minimum Gasteiger partial charge on any atom is -0.368 e. The maximum absolute atomic E-state index is 5.73. The van der Waals surface area contributed by atoms with Gasteiger partial charge >= 0.3 is 0 Å². The molecule has 0 fully saturated rings. The molecule has 1 aliphatic rings. The summed E-state index contributed by atoms with van der Waals surface area (Å²) in [5, 5.41) is 6.57. The van der Waals surface area contributed by atoms with E-state index in [1.165, 1.54) is 5.56 Å². The van der Waals surface area contributed by atoms with Crippen molar-refractivity contribution in [1.82, 2.24) is 15.3 Å². The normalized spacial score (nSPS) is 13.4. The molecule has 2 heterocycles. The number of aryl methyl sites for hydroxylation is 1. The summed E-state index contributed by atoms with van der Waals surface area (Å²) in [4.78, 5) is 8.52. The molecule has 18 heavy (non-hydrogen) atoms. The Labute approximate surface area is 105 Å². The van der Waals surface area contributed by atoms with E-state index in [1.807, 2.05) is 12.1 Å². The highest BCUT2D eigenvalue weighted by molar-refractivity contribution is 5.62. The zero-order chi connectivity index (χ0) is 12.5. The molecule has 0 saturated carbocycles. The highest BCUT2D eigenvalue weighted by atomic mass is 15.1. The average molecular weight is 241 g/mol. The summed E-state index contributed by atoms with van der Waals surface area (Å²) in [5.74, 6) is 1.11. The van der Waals surface area contributed by atoms with Gasteiger partial charge in [-0.3, -0.25) is 0 Å². The number of rotatable bonds is 2. The second-order valence-electron chi connectivity index (χ2n) is 4.45. The Bertz CT molecular complexity index is 594. The second kappa shape index (κ2) is 4.27. The van der Waals surface area contributed by atoms with Gasteiger partial charge in [-0.25, -0.2) is 4.98 Å². The number of nitrogen functional groups attached to an aromatic ring is 1. The van der Waals surface area contributed by atoms with Crippen molar-refractivity contribution in [3.63, 3.8) is 0 Å². The van der Waals surface area contributed by atoms with Crippen molar-refractivity contribution in [1.29, 1.82) is 0 Å². The smallest absolute Gasteiger partial charge is 0.222 e. The lowest BCUT2D eigenvalue weighted by atomic mass is 10.2. The number of nitrogens with zero attached hydrogens (tertiary/aromatic N) is 2. The number of anilines is 3. The highest BCUT2D eigenvalue weighted by Gasteiger charge is 2.18. The molecule has 0 aliphatic carbocycles. The fourth-order valence-corrected chi connectivity index (χ4v) is 2.15. The van der Waals surface area contributed by atoms with Crippen molar-refractivity contribution in [3.05, 3.63) is 41.1 Å². The van der Waals surface area contributed by atoms with E-state index in [0.29, 0.717) is 5.95 Å². The Morgan fingerprint density at radius 2 is 2.17 bits per heavy atom. The molecule has 92 valence electrons. The van der Waals surface area contributed by atoms with Gasteiger partial charge in [0.2, 0.25) is 5.95 Å². The molecule has 1 aromatic carbocycles. The van der Waals surface area contributed by atoms with E-state index >= 15 is 0 Å². The van der Waals surface area contributed by atoms with E-state index < -0.39 is 0 Å². The lowest BCUT2D eigenvalue weighted by Gasteiger charge is -2.10. The maximum atomic E-state index is 5.73. The zero-order valence-electron chi connectivity index (χ0n) is 10.2. The maximum Gasteiger partial charge on any atom is 0.222 e. The lowest BCUT2D eigenvalue weighted by molar-refractivity contribution is 0.758. The molecule has 1 aromatic heterocycles. The van der Waals surface area contributed by atoms with Crippen LogP contribution in [0.3, 0.4) is 0 Å². The van der Waals surface area contributed by atoms with Gasteiger partial charge in [-0.05, 0) is 24.6 Å². The number of hydrogen-bond acceptors (Lipinski definition) is 5. The van der Waals surface area contributed by atoms with Gasteiger partial charge in [0.15, 0.2) is 0 Å². The van der Waals surface area contributed by atoms with Crippen LogP contribution in [0.25, 0.3) is 0 Å². The summed E-state index contributed by atoms with van der Waals surface area (Å²) in [5.41, 5.74) is 10.0. The Kier molecular flexibility index (Phi) is 2.60. The van der Waals surface area contributed by atoms with Crippen molar-refractivity contribution in [2.45, 2.75) is 20.0 Å². The van der Waals surface area contributed by atoms with Crippen molar-refractivity contribution in [2.24, 2.45) is 0 Å². The van der Waals surface area contributed by atoms with E-state index in [4.69, 9.17) is 5.73 Å². The highest BCUT2D eigenvalue weighted by Crippen LogP contribution is 2.25. The summed E-state index contributed by atoms with van der Waals surface area (Å²) >= 11 is 0. The second-order valence-corrected chi connectivity index (χ2v) is 4.45. The monoisotopic (exact) mass is 241 g/mol. The third-order valence-electron chi connectivity index (χ3n) is 2.99. The first kappa shape index (κ1) is 11.0. The Morgan fingerprint density at radius 3 is 3.00 bits per heavy atom. The molecule has 0 saturated heterocycles. The molecule has 5 nitrogen and oxygen atoms in total. The summed E-state index contributed by atoms with van der Waals surface area (Å²) < 4.78 is 0. The van der Waals surface area contributed by atoms with Crippen LogP contribution in [-0.2, 0) is 13.1 Å². The fraction of sp³-hybridized carbons (Fsp3) is 0.231. The summed E-state index contributed by atoms with van der Waals surface area (Å²) in [6, 6.07) is 8.17. The predicted molar refractivity (Wildman–Crippen MR) is 71.4 cm³/mol. The van der Waals surface area contributed by atoms with Crippen LogP contribution >= 0.6 is 0 Å². The molecule has 0 unspecified atom stereocenters. The Morgan fingerprint density at radius 1 is 1.28 bits per heavy atom. The van der Waals surface area contributed by atoms with Crippen LogP contribution in [0.2, 0.25) is 0 Å². The minimum atomic E-state index is 0.313. The standard InChI is InChI=1S/C13H15N5/c1-8-3-2-4-9(5-8)16-12-10-6-15-7-11(10)17-13(14)18-12/h2-5,15H,6-7H2,1H3,(H3,14,16,17,18). The van der Waals surface area contributed by atoms with E-state index in [9.17, 15) is 0 Å². The van der Waals surface area contributed by atoms with Crippen molar-refractivity contribution in [3.8, 4) is 0 Å². The van der Waals surface area contributed by atoms with Gasteiger partial charge in [0.1, 0.15) is 5.82 Å². The lowest BCUT2D eigenvalue weighted by Crippen LogP contribution is -2.05. The molecule has 0 bridgehead atoms. The van der Waals surface area contributed by atoms with Crippen LogP contribution < -0.4 is 16.4 Å². The molecule has 3 rings (SSSR count). The predicted octanol–water partition coefficient (Wildman–Crippen LogP) is 1.71. The third-order valence-corrected chi connectivity index (χ3v) is 2.99. The largest absolute Gasteiger partial charge is 0.368 e. The summed E-state index contributed by atoms with van der Waals surface area (Å²) in [6.45, 7) is 3.60. The number of nitrogens with two attached hydrogens (primary N) is 1. The van der Waals surface area contributed by atoms with Gasteiger partial charge in [0.25, 0.3) is 0 Å². The molecule has 0 spiro atoms. The van der Waals surface area contributed by atoms with Gasteiger partial charge in [-0.15, -0.1) is 0 Å². The molecule has 5 heteroatoms. The first-order valence-corrected chi connectivity index (χ1v) is 5.92. The van der Waals surface area contributed by atoms with Crippen LogP contribution in [0.1, 0.15) is 16.8 Å². The van der Waals surface area contributed by atoms with E-state index in [2.05, 4.69) is 39.7 Å². The molecule has 0 amide bonds. The molecule has 0 atom stereocenters. The summed E-state index contributed by atoms with van der Waals surface area (Å²) in [7, 11) is 0. The van der Waals surface area contributed by atoms with Gasteiger partial charge in [-0.1, -0.05) is 12.1 Å². The minimum absolute atomic E-state index is 0.313. The number of benzene rings is 1.